The number of hydrogen-bond donors (Lipinski definition) is 2. The van der Waals surface area contributed by atoms with Gasteiger partial charge in [-0.1, -0.05) is 30.3 Å². The molecule has 154 valence electrons. The molecule has 0 saturated heterocycles. The number of likely N-dealkylation sites (N-methyl/N-ethyl adjacent to an activating group) is 1. The summed E-state index contributed by atoms with van der Waals surface area (Å²) in [7, 11) is 1.88. The van der Waals surface area contributed by atoms with Gasteiger partial charge >= 0.3 is 0 Å². The first kappa shape index (κ1) is 19.6. The first-order valence-electron chi connectivity index (χ1n) is 9.85. The van der Waals surface area contributed by atoms with Crippen LogP contribution in [0.5, 0.6) is 0 Å². The summed E-state index contributed by atoms with van der Waals surface area (Å²) in [6.45, 7) is 3.79. The van der Waals surface area contributed by atoms with Crippen LogP contribution in [0, 0.1) is 0 Å². The SMILES string of the molecule is CCC(NC(=O)c1ccccc1)c1noc(-c2ccc3c(c2)NC(=O)C(C)N3C)n1. The Bertz CT molecular complexity index is 1080. The van der Waals surface area contributed by atoms with Gasteiger partial charge < -0.3 is 20.1 Å². The Morgan fingerprint density at radius 3 is 2.77 bits per heavy atom. The maximum atomic E-state index is 12.5. The summed E-state index contributed by atoms with van der Waals surface area (Å²) in [4.78, 5) is 31.0. The van der Waals surface area contributed by atoms with Crippen molar-refractivity contribution in [2.45, 2.75) is 32.4 Å². The summed E-state index contributed by atoms with van der Waals surface area (Å²) in [5, 5.41) is 9.92. The van der Waals surface area contributed by atoms with Crippen molar-refractivity contribution in [1.29, 1.82) is 0 Å². The Labute approximate surface area is 174 Å². The van der Waals surface area contributed by atoms with E-state index in [0.717, 1.165) is 5.69 Å². The van der Waals surface area contributed by atoms with E-state index in [-0.39, 0.29) is 23.9 Å². The van der Waals surface area contributed by atoms with Crippen molar-refractivity contribution < 1.29 is 14.1 Å². The predicted octanol–water partition coefficient (Wildman–Crippen LogP) is 3.39. The van der Waals surface area contributed by atoms with E-state index in [4.69, 9.17) is 4.52 Å². The molecule has 2 atom stereocenters. The summed E-state index contributed by atoms with van der Waals surface area (Å²) in [5.74, 6) is 0.477. The summed E-state index contributed by atoms with van der Waals surface area (Å²) in [6.07, 6.45) is 0.612. The number of amides is 2. The van der Waals surface area contributed by atoms with Crippen LogP contribution in [0.4, 0.5) is 11.4 Å². The molecule has 2 N–H and O–H groups in total. The van der Waals surface area contributed by atoms with Crippen LogP contribution in [0.1, 0.15) is 42.5 Å². The molecule has 2 heterocycles. The first-order chi connectivity index (χ1) is 14.5. The lowest BCUT2D eigenvalue weighted by atomic mass is 10.1. The van der Waals surface area contributed by atoms with Crippen molar-refractivity contribution in [3.63, 3.8) is 0 Å². The number of carbonyl (C=O) groups excluding carboxylic acids is 2. The lowest BCUT2D eigenvalue weighted by molar-refractivity contribution is -0.117. The number of rotatable bonds is 5. The van der Waals surface area contributed by atoms with Crippen LogP contribution >= 0.6 is 0 Å². The van der Waals surface area contributed by atoms with Crippen molar-refractivity contribution in [3.05, 3.63) is 59.9 Å². The van der Waals surface area contributed by atoms with Gasteiger partial charge in [0.2, 0.25) is 5.91 Å². The monoisotopic (exact) mass is 405 g/mol. The van der Waals surface area contributed by atoms with Crippen molar-refractivity contribution in [2.24, 2.45) is 0 Å². The molecule has 0 aliphatic carbocycles. The van der Waals surface area contributed by atoms with Crippen molar-refractivity contribution >= 4 is 23.2 Å². The highest BCUT2D eigenvalue weighted by molar-refractivity contribution is 6.03. The molecule has 2 amide bonds. The Kier molecular flexibility index (Phi) is 5.22. The molecule has 30 heavy (non-hydrogen) atoms. The predicted molar refractivity (Wildman–Crippen MR) is 113 cm³/mol. The molecule has 1 aliphatic heterocycles. The highest BCUT2D eigenvalue weighted by atomic mass is 16.5. The average Bonchev–Trinajstić information content (AvgIpc) is 3.26. The third kappa shape index (κ3) is 3.63. The lowest BCUT2D eigenvalue weighted by Gasteiger charge is -2.33. The van der Waals surface area contributed by atoms with Crippen LogP contribution in [0.15, 0.2) is 53.1 Å². The van der Waals surface area contributed by atoms with Gasteiger partial charge in [-0.15, -0.1) is 0 Å². The molecule has 0 bridgehead atoms. The number of aromatic nitrogens is 2. The molecule has 0 fully saturated rings. The van der Waals surface area contributed by atoms with Gasteiger partial charge in [0.05, 0.1) is 17.4 Å². The molecule has 0 radical (unpaired) electrons. The van der Waals surface area contributed by atoms with Gasteiger partial charge in [-0.2, -0.15) is 4.98 Å². The van der Waals surface area contributed by atoms with E-state index in [1.165, 1.54) is 0 Å². The third-order valence-electron chi connectivity index (χ3n) is 5.34. The molecule has 8 nitrogen and oxygen atoms in total. The molecule has 1 aliphatic rings. The second kappa shape index (κ2) is 7.98. The van der Waals surface area contributed by atoms with E-state index in [0.29, 0.717) is 35.0 Å². The molecule has 3 aromatic rings. The van der Waals surface area contributed by atoms with Crippen LogP contribution in [0.3, 0.4) is 0 Å². The molecule has 0 saturated carbocycles. The molecule has 2 aromatic carbocycles. The summed E-state index contributed by atoms with van der Waals surface area (Å²) < 4.78 is 5.45. The maximum absolute atomic E-state index is 12.5. The van der Waals surface area contributed by atoms with Gasteiger partial charge in [-0.05, 0) is 43.7 Å². The van der Waals surface area contributed by atoms with Crippen LogP contribution < -0.4 is 15.5 Å². The minimum atomic E-state index is -0.375. The second-order valence-corrected chi connectivity index (χ2v) is 7.27. The van der Waals surface area contributed by atoms with Crippen LogP contribution in [0.2, 0.25) is 0 Å². The molecule has 2 unspecified atom stereocenters. The van der Waals surface area contributed by atoms with Gasteiger partial charge in [0.25, 0.3) is 11.8 Å². The van der Waals surface area contributed by atoms with E-state index in [1.54, 1.807) is 12.1 Å². The van der Waals surface area contributed by atoms with E-state index >= 15 is 0 Å². The minimum Gasteiger partial charge on any atom is -0.361 e. The number of nitrogens with zero attached hydrogens (tertiary/aromatic N) is 3. The number of carbonyl (C=O) groups is 2. The molecular weight excluding hydrogens is 382 g/mol. The highest BCUT2D eigenvalue weighted by Crippen LogP contribution is 2.34. The number of nitrogens with one attached hydrogen (secondary N) is 2. The number of hydrogen-bond acceptors (Lipinski definition) is 6. The minimum absolute atomic E-state index is 0.0666. The highest BCUT2D eigenvalue weighted by Gasteiger charge is 2.27. The van der Waals surface area contributed by atoms with E-state index in [9.17, 15) is 9.59 Å². The third-order valence-corrected chi connectivity index (χ3v) is 5.34. The molecular formula is C22H23N5O3. The summed E-state index contributed by atoms with van der Waals surface area (Å²) in [6, 6.07) is 14.0. The first-order valence-corrected chi connectivity index (χ1v) is 9.85. The van der Waals surface area contributed by atoms with Crippen molar-refractivity contribution in [2.75, 3.05) is 17.3 Å². The Hall–Kier alpha value is -3.68. The zero-order valence-corrected chi connectivity index (χ0v) is 17.0. The largest absolute Gasteiger partial charge is 0.361 e. The molecule has 1 aromatic heterocycles. The normalized spacial score (nSPS) is 16.6. The molecule has 0 spiro atoms. The lowest BCUT2D eigenvalue weighted by Crippen LogP contribution is -2.43. The fraction of sp³-hybridized carbons (Fsp3) is 0.273. The van der Waals surface area contributed by atoms with Crippen molar-refractivity contribution in [3.8, 4) is 11.5 Å². The van der Waals surface area contributed by atoms with Gasteiger partial charge in [0.1, 0.15) is 6.04 Å². The smallest absolute Gasteiger partial charge is 0.258 e. The zero-order valence-electron chi connectivity index (χ0n) is 17.0. The van der Waals surface area contributed by atoms with Crippen molar-refractivity contribution in [1.82, 2.24) is 15.5 Å². The van der Waals surface area contributed by atoms with E-state index in [1.807, 2.05) is 62.2 Å². The molecule has 8 heteroatoms. The summed E-state index contributed by atoms with van der Waals surface area (Å²) in [5.41, 5.74) is 2.89. The Balaban J connectivity index is 1.56. The summed E-state index contributed by atoms with van der Waals surface area (Å²) >= 11 is 0. The van der Waals surface area contributed by atoms with Crippen LogP contribution in [0.25, 0.3) is 11.5 Å². The number of benzene rings is 2. The Morgan fingerprint density at radius 2 is 2.03 bits per heavy atom. The van der Waals surface area contributed by atoms with E-state index in [2.05, 4.69) is 20.8 Å². The van der Waals surface area contributed by atoms with Gasteiger partial charge in [0.15, 0.2) is 5.82 Å². The maximum Gasteiger partial charge on any atom is 0.258 e. The quantitative estimate of drug-likeness (QED) is 0.675. The molecule has 4 rings (SSSR count). The standard InChI is InChI=1S/C22H23N5O3/c1-4-16(23-21(29)14-8-6-5-7-9-14)19-25-22(30-26-19)15-10-11-18-17(12-15)24-20(28)13(2)27(18)3/h5-13,16H,4H2,1-3H3,(H,23,29)(H,24,28). The fourth-order valence-electron chi connectivity index (χ4n) is 3.37. The Morgan fingerprint density at radius 1 is 1.27 bits per heavy atom. The second-order valence-electron chi connectivity index (χ2n) is 7.27. The van der Waals surface area contributed by atoms with Gasteiger partial charge in [0, 0.05) is 18.2 Å². The topological polar surface area (TPSA) is 100 Å². The fourth-order valence-corrected chi connectivity index (χ4v) is 3.37. The van der Waals surface area contributed by atoms with Gasteiger partial charge in [-0.3, -0.25) is 9.59 Å². The number of anilines is 2. The van der Waals surface area contributed by atoms with Gasteiger partial charge in [-0.25, -0.2) is 0 Å². The average molecular weight is 405 g/mol. The van der Waals surface area contributed by atoms with Crippen LogP contribution in [-0.4, -0.2) is 35.0 Å². The number of fused-ring (bicyclic) bond motifs is 1. The van der Waals surface area contributed by atoms with Crippen LogP contribution in [-0.2, 0) is 4.79 Å². The zero-order chi connectivity index (χ0) is 21.3. The van der Waals surface area contributed by atoms with E-state index < -0.39 is 0 Å².